The molecule has 6 nitrogen and oxygen atoms in total. The lowest BCUT2D eigenvalue weighted by Gasteiger charge is -2.30. The first-order valence-corrected chi connectivity index (χ1v) is 10.4. The molecule has 3 aromatic rings. The van der Waals surface area contributed by atoms with Gasteiger partial charge in [-0.2, -0.15) is 0 Å². The van der Waals surface area contributed by atoms with Crippen molar-refractivity contribution in [2.45, 2.75) is 44.8 Å². The van der Waals surface area contributed by atoms with E-state index in [2.05, 4.69) is 10.3 Å². The van der Waals surface area contributed by atoms with Crippen molar-refractivity contribution in [1.82, 2.24) is 10.3 Å². The summed E-state index contributed by atoms with van der Waals surface area (Å²) in [5.74, 6) is 1.39. The Bertz CT molecular complexity index is 1010. The third kappa shape index (κ3) is 4.82. The highest BCUT2D eigenvalue weighted by Gasteiger charge is 2.24. The van der Waals surface area contributed by atoms with Crippen molar-refractivity contribution in [1.29, 1.82) is 0 Å². The number of ether oxygens (including phenoxy) is 2. The second-order valence-corrected chi connectivity index (χ2v) is 7.76. The summed E-state index contributed by atoms with van der Waals surface area (Å²) in [5.41, 5.74) is 8.66. The van der Waals surface area contributed by atoms with Crippen molar-refractivity contribution in [3.8, 4) is 11.5 Å². The van der Waals surface area contributed by atoms with Crippen LogP contribution < -0.4 is 20.5 Å². The number of nitrogens with zero attached hydrogens (tertiary/aromatic N) is 1. The van der Waals surface area contributed by atoms with E-state index in [4.69, 9.17) is 15.2 Å². The number of carbonyl (C=O) groups is 1. The van der Waals surface area contributed by atoms with E-state index in [1.165, 1.54) is 0 Å². The summed E-state index contributed by atoms with van der Waals surface area (Å²) < 4.78 is 11.8. The fraction of sp³-hybridized carbons (Fsp3) is 0.333. The third-order valence-electron chi connectivity index (χ3n) is 5.40. The van der Waals surface area contributed by atoms with Gasteiger partial charge in [-0.15, -0.1) is 0 Å². The molecule has 3 N–H and O–H groups in total. The highest BCUT2D eigenvalue weighted by Crippen LogP contribution is 2.33. The Balaban J connectivity index is 1.29. The van der Waals surface area contributed by atoms with Crippen LogP contribution in [0.1, 0.15) is 31.4 Å². The van der Waals surface area contributed by atoms with Gasteiger partial charge in [0.25, 0.3) is 5.91 Å². The van der Waals surface area contributed by atoms with Crippen LogP contribution in [0.4, 0.5) is 5.69 Å². The number of amides is 1. The topological polar surface area (TPSA) is 86.5 Å². The number of pyridine rings is 1. The summed E-state index contributed by atoms with van der Waals surface area (Å²) in [5, 5.41) is 3.94. The smallest absolute Gasteiger partial charge is 0.258 e. The number of fused-ring (bicyclic) bond motifs is 1. The van der Waals surface area contributed by atoms with Crippen LogP contribution in [0.2, 0.25) is 0 Å². The summed E-state index contributed by atoms with van der Waals surface area (Å²) in [4.78, 5) is 16.7. The average Bonchev–Trinajstić information content (AvgIpc) is 2.74. The van der Waals surface area contributed by atoms with Crippen LogP contribution in [0.5, 0.6) is 11.5 Å². The molecule has 0 atom stereocenters. The molecule has 0 spiro atoms. The molecule has 0 bridgehead atoms. The maximum atomic E-state index is 12.2. The summed E-state index contributed by atoms with van der Waals surface area (Å²) in [7, 11) is 0. The lowest BCUT2D eigenvalue weighted by Crippen LogP contribution is -2.41. The number of nitrogen functional groups attached to an aromatic ring is 1. The molecular formula is C24H27N3O3. The lowest BCUT2D eigenvalue weighted by atomic mass is 9.93. The van der Waals surface area contributed by atoms with Crippen LogP contribution >= 0.6 is 0 Å². The zero-order chi connectivity index (χ0) is 20.9. The summed E-state index contributed by atoms with van der Waals surface area (Å²) in [6.45, 7) is 1.96. The fourth-order valence-corrected chi connectivity index (χ4v) is 3.96. The number of hydrogen-bond donors (Lipinski definition) is 2. The van der Waals surface area contributed by atoms with E-state index in [0.29, 0.717) is 11.4 Å². The summed E-state index contributed by atoms with van der Waals surface area (Å²) in [6.07, 6.45) is 3.60. The van der Waals surface area contributed by atoms with E-state index in [-0.39, 0.29) is 24.7 Å². The second kappa shape index (κ2) is 9.03. The van der Waals surface area contributed by atoms with E-state index in [1.54, 1.807) is 0 Å². The monoisotopic (exact) mass is 405 g/mol. The Morgan fingerprint density at radius 2 is 1.87 bits per heavy atom. The Hall–Kier alpha value is -3.28. The molecule has 0 aliphatic heterocycles. The molecule has 1 aromatic heterocycles. The number of hydrogen-bond acceptors (Lipinski definition) is 5. The van der Waals surface area contributed by atoms with Crippen molar-refractivity contribution >= 4 is 22.5 Å². The molecule has 1 aliphatic carbocycles. The maximum Gasteiger partial charge on any atom is 0.258 e. The number of aryl methyl sites for hydroxylation is 1. The van der Waals surface area contributed by atoms with Gasteiger partial charge in [0, 0.05) is 17.4 Å². The Labute approximate surface area is 176 Å². The minimum Gasteiger partial charge on any atom is -0.490 e. The number of nitrogens with one attached hydrogen (secondary N) is 1. The van der Waals surface area contributed by atoms with Crippen LogP contribution in [-0.2, 0) is 4.79 Å². The van der Waals surface area contributed by atoms with E-state index in [1.807, 2.05) is 61.5 Å². The van der Waals surface area contributed by atoms with Gasteiger partial charge in [-0.25, -0.2) is 0 Å². The first-order valence-electron chi connectivity index (χ1n) is 10.4. The molecule has 6 heteroatoms. The molecule has 0 radical (unpaired) electrons. The standard InChI is InChI=1S/C24H27N3O3/c1-16-14-20(25)24-21(26-16)8-5-9-22(24)30-19-12-10-17(11-13-19)27-23(28)15-29-18-6-3-2-4-7-18/h2-9,14,17,19H,10-13,15H2,1H3,(H2,25,26)(H,27,28)/t17-,19-. The number of anilines is 1. The molecular weight excluding hydrogens is 378 g/mol. The minimum atomic E-state index is -0.0912. The molecule has 1 aliphatic rings. The third-order valence-corrected chi connectivity index (χ3v) is 5.40. The second-order valence-electron chi connectivity index (χ2n) is 7.76. The van der Waals surface area contributed by atoms with Crippen LogP contribution in [0.3, 0.4) is 0 Å². The fourth-order valence-electron chi connectivity index (χ4n) is 3.96. The Morgan fingerprint density at radius 1 is 1.10 bits per heavy atom. The largest absolute Gasteiger partial charge is 0.490 e. The number of carbonyl (C=O) groups excluding carboxylic acids is 1. The predicted molar refractivity (Wildman–Crippen MR) is 118 cm³/mol. The first kappa shape index (κ1) is 20.0. The normalized spacial score (nSPS) is 18.7. The van der Waals surface area contributed by atoms with E-state index < -0.39 is 0 Å². The Morgan fingerprint density at radius 3 is 2.63 bits per heavy atom. The minimum absolute atomic E-state index is 0.0299. The van der Waals surface area contributed by atoms with Crippen LogP contribution in [-0.4, -0.2) is 29.6 Å². The van der Waals surface area contributed by atoms with Gasteiger partial charge < -0.3 is 20.5 Å². The maximum absolute atomic E-state index is 12.2. The van der Waals surface area contributed by atoms with Gasteiger partial charge in [0.2, 0.25) is 0 Å². The van der Waals surface area contributed by atoms with Crippen LogP contribution in [0.15, 0.2) is 54.6 Å². The van der Waals surface area contributed by atoms with Gasteiger partial charge in [-0.1, -0.05) is 24.3 Å². The lowest BCUT2D eigenvalue weighted by molar-refractivity contribution is -0.124. The molecule has 0 unspecified atom stereocenters. The van der Waals surface area contributed by atoms with Gasteiger partial charge in [0.1, 0.15) is 11.5 Å². The molecule has 1 amide bonds. The van der Waals surface area contributed by atoms with Crippen molar-refractivity contribution < 1.29 is 14.3 Å². The zero-order valence-electron chi connectivity index (χ0n) is 17.1. The molecule has 156 valence electrons. The summed E-state index contributed by atoms with van der Waals surface area (Å²) >= 11 is 0. The summed E-state index contributed by atoms with van der Waals surface area (Å²) in [6, 6.07) is 17.2. The first-order chi connectivity index (χ1) is 14.6. The van der Waals surface area contributed by atoms with Gasteiger partial charge in [0.05, 0.1) is 17.0 Å². The number of nitrogens with two attached hydrogens (primary N) is 1. The quantitative estimate of drug-likeness (QED) is 0.647. The molecule has 1 fully saturated rings. The Kier molecular flexibility index (Phi) is 6.02. The van der Waals surface area contributed by atoms with Gasteiger partial charge >= 0.3 is 0 Å². The average molecular weight is 405 g/mol. The number of aromatic nitrogens is 1. The molecule has 30 heavy (non-hydrogen) atoms. The molecule has 4 rings (SSSR count). The van der Waals surface area contributed by atoms with Gasteiger partial charge in [-0.05, 0) is 62.9 Å². The van der Waals surface area contributed by atoms with Crippen molar-refractivity contribution in [2.75, 3.05) is 12.3 Å². The van der Waals surface area contributed by atoms with Crippen LogP contribution in [0.25, 0.3) is 10.9 Å². The van der Waals surface area contributed by atoms with Gasteiger partial charge in [-0.3, -0.25) is 9.78 Å². The SMILES string of the molecule is Cc1cc(N)c2c(O[C@H]3CC[C@H](NC(=O)COc4ccccc4)CC3)cccc2n1. The van der Waals surface area contributed by atoms with Gasteiger partial charge in [0.15, 0.2) is 6.61 Å². The highest BCUT2D eigenvalue weighted by molar-refractivity contribution is 5.95. The van der Waals surface area contributed by atoms with Crippen LogP contribution in [0, 0.1) is 6.92 Å². The molecule has 1 heterocycles. The highest BCUT2D eigenvalue weighted by atomic mass is 16.5. The van der Waals surface area contributed by atoms with E-state index in [9.17, 15) is 4.79 Å². The van der Waals surface area contributed by atoms with E-state index >= 15 is 0 Å². The predicted octanol–water partition coefficient (Wildman–Crippen LogP) is 4.01. The van der Waals surface area contributed by atoms with Crippen molar-refractivity contribution in [2.24, 2.45) is 0 Å². The molecule has 0 saturated heterocycles. The number of benzene rings is 2. The molecule has 2 aromatic carbocycles. The number of para-hydroxylation sites is 1. The van der Waals surface area contributed by atoms with Crippen molar-refractivity contribution in [3.63, 3.8) is 0 Å². The van der Waals surface area contributed by atoms with Crippen molar-refractivity contribution in [3.05, 3.63) is 60.3 Å². The zero-order valence-corrected chi connectivity index (χ0v) is 17.1. The van der Waals surface area contributed by atoms with E-state index in [0.717, 1.165) is 48.0 Å². The molecule has 1 saturated carbocycles. The number of rotatable bonds is 6.